The molecule has 6 nitrogen and oxygen atoms in total. The van der Waals surface area contributed by atoms with E-state index in [9.17, 15) is 18.0 Å². The van der Waals surface area contributed by atoms with Gasteiger partial charge in [0, 0.05) is 28.2 Å². The lowest BCUT2D eigenvalue weighted by Crippen LogP contribution is -2.25. The van der Waals surface area contributed by atoms with E-state index in [0.717, 1.165) is 20.7 Å². The van der Waals surface area contributed by atoms with Gasteiger partial charge < -0.3 is 4.52 Å². The summed E-state index contributed by atoms with van der Waals surface area (Å²) < 4.78 is 51.6. The van der Waals surface area contributed by atoms with Gasteiger partial charge in [0.05, 0.1) is 17.8 Å². The van der Waals surface area contributed by atoms with Gasteiger partial charge in [0.15, 0.2) is 11.4 Å². The molecule has 36 heavy (non-hydrogen) atoms. The second-order valence-electron chi connectivity index (χ2n) is 8.30. The van der Waals surface area contributed by atoms with Gasteiger partial charge in [0.25, 0.3) is 0 Å². The van der Waals surface area contributed by atoms with Crippen LogP contribution >= 0.6 is 15.9 Å². The summed E-state index contributed by atoms with van der Waals surface area (Å²) in [5.41, 5.74) is 0.174. The van der Waals surface area contributed by atoms with E-state index in [4.69, 9.17) is 4.52 Å². The third-order valence-corrected chi connectivity index (χ3v) is 6.33. The monoisotopic (exact) mass is 556 g/mol. The first kappa shape index (κ1) is 24.1. The minimum atomic E-state index is -4.71. The molecule has 0 aliphatic carbocycles. The van der Waals surface area contributed by atoms with E-state index in [2.05, 4.69) is 26.1 Å². The van der Waals surface area contributed by atoms with E-state index in [1.165, 1.54) is 4.57 Å². The van der Waals surface area contributed by atoms with Gasteiger partial charge in [-0.3, -0.25) is 9.13 Å². The van der Waals surface area contributed by atoms with Crippen LogP contribution in [0.5, 0.6) is 0 Å². The van der Waals surface area contributed by atoms with Crippen LogP contribution < -0.4 is 5.69 Å². The van der Waals surface area contributed by atoms with E-state index < -0.39 is 17.4 Å². The molecule has 0 unspecified atom stereocenters. The Balaban J connectivity index is 1.68. The zero-order valence-corrected chi connectivity index (χ0v) is 20.7. The van der Waals surface area contributed by atoms with Crippen molar-refractivity contribution in [2.24, 2.45) is 0 Å². The highest BCUT2D eigenvalue weighted by atomic mass is 79.9. The fraction of sp³-hybridized carbons (Fsp3) is 0.192. The van der Waals surface area contributed by atoms with Crippen molar-refractivity contribution in [2.75, 3.05) is 0 Å². The van der Waals surface area contributed by atoms with Crippen molar-refractivity contribution in [1.82, 2.24) is 19.3 Å². The quantitative estimate of drug-likeness (QED) is 0.232. The molecular formula is C26H20BrF3N4O2. The lowest BCUT2D eigenvalue weighted by molar-refractivity contribution is -0.136. The summed E-state index contributed by atoms with van der Waals surface area (Å²) in [5, 5.41) is 4.04. The summed E-state index contributed by atoms with van der Waals surface area (Å²) in [6.07, 6.45) is -4.16. The Morgan fingerprint density at radius 2 is 1.64 bits per heavy atom. The smallest absolute Gasteiger partial charge is 0.359 e. The van der Waals surface area contributed by atoms with E-state index >= 15 is 0 Å². The number of aromatic nitrogens is 4. The Bertz CT molecular complexity index is 1590. The molecule has 0 aliphatic heterocycles. The van der Waals surface area contributed by atoms with Gasteiger partial charge in [-0.25, -0.2) is 9.78 Å². The van der Waals surface area contributed by atoms with Crippen LogP contribution in [0.25, 0.3) is 33.7 Å². The molecule has 0 N–H and O–H groups in total. The molecule has 10 heteroatoms. The number of benzene rings is 2. The molecule has 0 aliphatic rings. The summed E-state index contributed by atoms with van der Waals surface area (Å²) in [5.74, 6) is 0.255. The van der Waals surface area contributed by atoms with Gasteiger partial charge in [-0.05, 0) is 24.6 Å². The molecular weight excluding hydrogens is 537 g/mol. The summed E-state index contributed by atoms with van der Waals surface area (Å²) in [6, 6.07) is 18.6. The summed E-state index contributed by atoms with van der Waals surface area (Å²) in [4.78, 5) is 17.9. The Kier molecular flexibility index (Phi) is 6.29. The number of pyridine rings is 1. The van der Waals surface area contributed by atoms with E-state index in [1.807, 2.05) is 31.2 Å². The largest absolute Gasteiger partial charge is 0.418 e. The van der Waals surface area contributed by atoms with Crippen LogP contribution in [-0.2, 0) is 19.3 Å². The third kappa shape index (κ3) is 4.48. The van der Waals surface area contributed by atoms with Crippen LogP contribution in [0.4, 0.5) is 13.2 Å². The van der Waals surface area contributed by atoms with Gasteiger partial charge >= 0.3 is 11.9 Å². The molecule has 3 aromatic heterocycles. The molecule has 0 atom stereocenters. The summed E-state index contributed by atoms with van der Waals surface area (Å²) >= 11 is 3.37. The number of nitrogens with zero attached hydrogens (tertiary/aromatic N) is 4. The van der Waals surface area contributed by atoms with Crippen molar-refractivity contribution < 1.29 is 17.7 Å². The highest BCUT2D eigenvalue weighted by molar-refractivity contribution is 9.10. The highest BCUT2D eigenvalue weighted by Gasteiger charge is 2.37. The maximum Gasteiger partial charge on any atom is 0.418 e. The molecule has 0 saturated carbocycles. The van der Waals surface area contributed by atoms with E-state index in [0.29, 0.717) is 17.7 Å². The average Bonchev–Trinajstić information content (AvgIpc) is 3.43. The number of halogens is 4. The second kappa shape index (κ2) is 9.42. The number of aryl methyl sites for hydroxylation is 1. The minimum absolute atomic E-state index is 0.0109. The van der Waals surface area contributed by atoms with Gasteiger partial charge in [0.2, 0.25) is 0 Å². The van der Waals surface area contributed by atoms with E-state index in [-0.39, 0.29) is 35.7 Å². The Morgan fingerprint density at radius 1 is 0.944 bits per heavy atom. The van der Waals surface area contributed by atoms with Gasteiger partial charge in [-0.15, -0.1) is 0 Å². The first-order valence-electron chi connectivity index (χ1n) is 11.2. The van der Waals surface area contributed by atoms with Crippen molar-refractivity contribution >= 4 is 27.1 Å². The Morgan fingerprint density at radius 3 is 2.31 bits per heavy atom. The van der Waals surface area contributed by atoms with E-state index in [1.54, 1.807) is 36.4 Å². The highest BCUT2D eigenvalue weighted by Crippen LogP contribution is 2.37. The van der Waals surface area contributed by atoms with Crippen LogP contribution in [0.15, 0.2) is 80.5 Å². The predicted molar refractivity (Wildman–Crippen MR) is 133 cm³/mol. The molecule has 5 rings (SSSR count). The van der Waals surface area contributed by atoms with Crippen molar-refractivity contribution in [1.29, 1.82) is 0 Å². The molecule has 0 saturated heterocycles. The molecule has 0 bridgehead atoms. The number of imidazole rings is 1. The average molecular weight is 557 g/mol. The van der Waals surface area contributed by atoms with Gasteiger partial charge in [-0.2, -0.15) is 13.2 Å². The molecule has 0 fully saturated rings. The number of alkyl halides is 3. The van der Waals surface area contributed by atoms with Crippen LogP contribution in [-0.4, -0.2) is 19.3 Å². The fourth-order valence-electron chi connectivity index (χ4n) is 4.16. The first-order chi connectivity index (χ1) is 17.3. The zero-order chi connectivity index (χ0) is 25.4. The third-order valence-electron chi connectivity index (χ3n) is 5.80. The van der Waals surface area contributed by atoms with Crippen molar-refractivity contribution in [2.45, 2.75) is 32.6 Å². The normalized spacial score (nSPS) is 11.9. The lowest BCUT2D eigenvalue weighted by Gasteiger charge is -2.12. The maximum absolute atomic E-state index is 14.3. The molecule has 184 valence electrons. The summed E-state index contributed by atoms with van der Waals surface area (Å²) in [7, 11) is 0. The maximum atomic E-state index is 14.3. The lowest BCUT2D eigenvalue weighted by atomic mass is 10.1. The first-order valence-corrected chi connectivity index (χ1v) is 12.0. The van der Waals surface area contributed by atoms with Crippen LogP contribution in [0.2, 0.25) is 0 Å². The van der Waals surface area contributed by atoms with Crippen LogP contribution in [0.3, 0.4) is 0 Å². The molecule has 0 spiro atoms. The topological polar surface area (TPSA) is 65.8 Å². The summed E-state index contributed by atoms with van der Waals surface area (Å²) in [6.45, 7) is 1.86. The molecule has 0 radical (unpaired) electrons. The Hall–Kier alpha value is -3.66. The fourth-order valence-corrected chi connectivity index (χ4v) is 4.42. The van der Waals surface area contributed by atoms with Gasteiger partial charge in [-0.1, -0.05) is 70.5 Å². The predicted octanol–water partition coefficient (Wildman–Crippen LogP) is 6.76. The van der Waals surface area contributed by atoms with Crippen LogP contribution in [0, 0.1) is 0 Å². The molecule has 3 heterocycles. The van der Waals surface area contributed by atoms with Gasteiger partial charge in [0.1, 0.15) is 11.2 Å². The standard InChI is InChI=1S/C26H20BrF3N4O2/c1-2-12-33-24-23(20(26(28,29)30)14-21(31-24)16-6-4-3-5-7-16)34(25(33)35)15-19-13-22(32-36-19)17-8-10-18(27)11-9-17/h3-11,13-14H,2,12,15H2,1H3. The van der Waals surface area contributed by atoms with Crippen LogP contribution in [0.1, 0.15) is 24.7 Å². The van der Waals surface area contributed by atoms with Crippen molar-refractivity contribution in [3.63, 3.8) is 0 Å². The second-order valence-corrected chi connectivity index (χ2v) is 9.21. The number of hydrogen-bond acceptors (Lipinski definition) is 4. The molecule has 0 amide bonds. The SMILES string of the molecule is CCCn1c(=O)n(Cc2cc(-c3ccc(Br)cc3)no2)c2c(C(F)(F)F)cc(-c3ccccc3)nc21. The zero-order valence-electron chi connectivity index (χ0n) is 19.1. The molecule has 5 aromatic rings. The number of hydrogen-bond donors (Lipinski definition) is 0. The number of fused-ring (bicyclic) bond motifs is 1. The van der Waals surface area contributed by atoms with Crippen molar-refractivity contribution in [3.8, 4) is 22.5 Å². The molecule has 2 aromatic carbocycles. The van der Waals surface area contributed by atoms with Crippen molar-refractivity contribution in [3.05, 3.63) is 93.0 Å². The number of rotatable bonds is 6. The minimum Gasteiger partial charge on any atom is -0.359 e. The Labute approximate surface area is 212 Å².